The molecule has 4 heteroatoms. The Kier molecular flexibility index (Phi) is 4.54. The molecule has 0 spiro atoms. The largest absolute Gasteiger partial charge is 0.375 e. The third-order valence-corrected chi connectivity index (χ3v) is 4.37. The number of hydrogen-bond acceptors (Lipinski definition) is 4. The van der Waals surface area contributed by atoms with Gasteiger partial charge < -0.3 is 10.1 Å². The molecule has 3 nitrogen and oxygen atoms in total. The Morgan fingerprint density at radius 1 is 1.53 bits per heavy atom. The average Bonchev–Trinajstić information content (AvgIpc) is 3.08. The van der Waals surface area contributed by atoms with Crippen molar-refractivity contribution in [2.24, 2.45) is 0 Å². The predicted octanol–water partition coefficient (Wildman–Crippen LogP) is 3.06. The van der Waals surface area contributed by atoms with Gasteiger partial charge >= 0.3 is 0 Å². The van der Waals surface area contributed by atoms with Crippen LogP contribution in [-0.2, 0) is 17.7 Å². The summed E-state index contributed by atoms with van der Waals surface area (Å²) in [5, 5.41) is 4.69. The van der Waals surface area contributed by atoms with Crippen molar-refractivity contribution in [3.8, 4) is 0 Å². The Balaban J connectivity index is 2.05. The highest BCUT2D eigenvalue weighted by atomic mass is 32.1. The zero-order valence-electron chi connectivity index (χ0n) is 11.0. The molecule has 1 fully saturated rings. The number of aromatic nitrogens is 1. The van der Waals surface area contributed by atoms with Crippen molar-refractivity contribution >= 4 is 11.3 Å². The highest BCUT2D eigenvalue weighted by molar-refractivity contribution is 7.11. The Bertz CT molecular complexity index is 360. The van der Waals surface area contributed by atoms with Crippen molar-refractivity contribution in [3.63, 3.8) is 0 Å². The fourth-order valence-electron chi connectivity index (χ4n) is 1.77. The van der Waals surface area contributed by atoms with E-state index in [1.54, 1.807) is 18.4 Å². The number of ether oxygens (including phenoxy) is 1. The van der Waals surface area contributed by atoms with Gasteiger partial charge in [-0.3, -0.25) is 0 Å². The zero-order valence-corrected chi connectivity index (χ0v) is 11.8. The molecule has 0 bridgehead atoms. The van der Waals surface area contributed by atoms with Gasteiger partial charge in [0.1, 0.15) is 11.1 Å². The Morgan fingerprint density at radius 3 is 2.88 bits per heavy atom. The number of methoxy groups -OCH3 is 1. The number of nitrogens with zero attached hydrogens (tertiary/aromatic N) is 1. The van der Waals surface area contributed by atoms with Crippen LogP contribution in [0.1, 0.15) is 54.8 Å². The van der Waals surface area contributed by atoms with E-state index in [9.17, 15) is 0 Å². The topological polar surface area (TPSA) is 34.1 Å². The summed E-state index contributed by atoms with van der Waals surface area (Å²) in [6, 6.07) is 0.759. The summed E-state index contributed by atoms with van der Waals surface area (Å²) in [6.07, 6.45) is 5.02. The number of aryl methyl sites for hydroxylation is 1. The molecule has 0 aliphatic heterocycles. The molecule has 0 saturated heterocycles. The van der Waals surface area contributed by atoms with E-state index in [0.717, 1.165) is 30.4 Å². The van der Waals surface area contributed by atoms with Crippen LogP contribution < -0.4 is 5.32 Å². The maximum Gasteiger partial charge on any atom is 0.122 e. The minimum atomic E-state index is 0.116. The molecule has 96 valence electrons. The second kappa shape index (κ2) is 5.94. The molecule has 1 saturated carbocycles. The number of thiazole rings is 1. The Hall–Kier alpha value is -0.450. The Labute approximate surface area is 108 Å². The standard InChI is InChI=1S/C13H22N2OS/c1-4-5-11-12(8-14-10-6-7-10)17-13(15-11)9(2)16-3/h9-10,14H,4-8H2,1-3H3. The van der Waals surface area contributed by atoms with E-state index in [0.29, 0.717) is 0 Å². The first-order valence-electron chi connectivity index (χ1n) is 6.49. The van der Waals surface area contributed by atoms with Gasteiger partial charge in [-0.05, 0) is 26.2 Å². The van der Waals surface area contributed by atoms with Crippen molar-refractivity contribution in [1.29, 1.82) is 0 Å². The molecule has 1 unspecified atom stereocenters. The summed E-state index contributed by atoms with van der Waals surface area (Å²) < 4.78 is 5.35. The van der Waals surface area contributed by atoms with Gasteiger partial charge in [-0.1, -0.05) is 13.3 Å². The molecule has 1 atom stereocenters. The van der Waals surface area contributed by atoms with Crippen molar-refractivity contribution in [2.45, 2.75) is 58.2 Å². The fourth-order valence-corrected chi connectivity index (χ4v) is 2.86. The van der Waals surface area contributed by atoms with Crippen LogP contribution in [0.5, 0.6) is 0 Å². The molecule has 17 heavy (non-hydrogen) atoms. The van der Waals surface area contributed by atoms with E-state index in [-0.39, 0.29) is 6.10 Å². The second-order valence-corrected chi connectivity index (χ2v) is 5.82. The average molecular weight is 254 g/mol. The number of hydrogen-bond donors (Lipinski definition) is 1. The number of nitrogens with one attached hydrogen (secondary N) is 1. The lowest BCUT2D eigenvalue weighted by atomic mass is 10.2. The molecule has 1 N–H and O–H groups in total. The van der Waals surface area contributed by atoms with Gasteiger partial charge in [0.25, 0.3) is 0 Å². The van der Waals surface area contributed by atoms with E-state index in [4.69, 9.17) is 9.72 Å². The maximum absolute atomic E-state index is 5.35. The SMILES string of the molecule is CCCc1nc(C(C)OC)sc1CNC1CC1. The lowest BCUT2D eigenvalue weighted by Crippen LogP contribution is -2.15. The third kappa shape index (κ3) is 3.50. The smallest absolute Gasteiger partial charge is 0.122 e. The van der Waals surface area contributed by atoms with Gasteiger partial charge in [0.05, 0.1) is 5.69 Å². The third-order valence-electron chi connectivity index (χ3n) is 3.11. The highest BCUT2D eigenvalue weighted by Crippen LogP contribution is 2.27. The minimum Gasteiger partial charge on any atom is -0.375 e. The molecule has 0 aromatic carbocycles. The molecule has 0 amide bonds. The molecule has 1 aliphatic rings. The van der Waals surface area contributed by atoms with E-state index in [1.165, 1.54) is 23.4 Å². The molecule has 1 aromatic heterocycles. The van der Waals surface area contributed by atoms with Crippen LogP contribution in [0.25, 0.3) is 0 Å². The maximum atomic E-state index is 5.35. The lowest BCUT2D eigenvalue weighted by molar-refractivity contribution is 0.119. The van der Waals surface area contributed by atoms with E-state index < -0.39 is 0 Å². The predicted molar refractivity (Wildman–Crippen MR) is 71.4 cm³/mol. The summed E-state index contributed by atoms with van der Waals surface area (Å²) in [7, 11) is 1.74. The van der Waals surface area contributed by atoms with Crippen molar-refractivity contribution < 1.29 is 4.74 Å². The molecule has 1 aromatic rings. The van der Waals surface area contributed by atoms with Crippen LogP contribution in [0.2, 0.25) is 0 Å². The van der Waals surface area contributed by atoms with Gasteiger partial charge in [0.15, 0.2) is 0 Å². The van der Waals surface area contributed by atoms with Gasteiger partial charge in [-0.15, -0.1) is 11.3 Å². The zero-order chi connectivity index (χ0) is 12.3. The summed E-state index contributed by atoms with van der Waals surface area (Å²) in [5.74, 6) is 0. The fraction of sp³-hybridized carbons (Fsp3) is 0.769. The summed E-state index contributed by atoms with van der Waals surface area (Å²) >= 11 is 1.80. The van der Waals surface area contributed by atoms with E-state index in [2.05, 4.69) is 19.2 Å². The van der Waals surface area contributed by atoms with Crippen LogP contribution in [0.3, 0.4) is 0 Å². The number of rotatable bonds is 7. The summed E-state index contributed by atoms with van der Waals surface area (Å²) in [6.45, 7) is 5.25. The van der Waals surface area contributed by atoms with Crippen LogP contribution >= 0.6 is 11.3 Å². The lowest BCUT2D eigenvalue weighted by Gasteiger charge is -2.03. The van der Waals surface area contributed by atoms with E-state index in [1.807, 2.05) is 0 Å². The monoisotopic (exact) mass is 254 g/mol. The molecule has 2 rings (SSSR count). The van der Waals surface area contributed by atoms with Crippen LogP contribution in [0.4, 0.5) is 0 Å². The Morgan fingerprint density at radius 2 is 2.29 bits per heavy atom. The molecule has 1 heterocycles. The normalized spacial score (nSPS) is 17.4. The van der Waals surface area contributed by atoms with Crippen molar-refractivity contribution in [2.75, 3.05) is 7.11 Å². The molecular formula is C13H22N2OS. The highest BCUT2D eigenvalue weighted by Gasteiger charge is 2.22. The van der Waals surface area contributed by atoms with Crippen LogP contribution in [-0.4, -0.2) is 18.1 Å². The second-order valence-electron chi connectivity index (χ2n) is 4.71. The van der Waals surface area contributed by atoms with Gasteiger partial charge in [-0.25, -0.2) is 4.98 Å². The van der Waals surface area contributed by atoms with Gasteiger partial charge in [-0.2, -0.15) is 0 Å². The first-order valence-corrected chi connectivity index (χ1v) is 7.30. The minimum absolute atomic E-state index is 0.116. The quantitative estimate of drug-likeness (QED) is 0.812. The van der Waals surface area contributed by atoms with E-state index >= 15 is 0 Å². The molecular weight excluding hydrogens is 232 g/mol. The summed E-state index contributed by atoms with van der Waals surface area (Å²) in [4.78, 5) is 6.12. The molecule has 0 radical (unpaired) electrons. The molecule has 1 aliphatic carbocycles. The van der Waals surface area contributed by atoms with Crippen molar-refractivity contribution in [3.05, 3.63) is 15.6 Å². The van der Waals surface area contributed by atoms with Gasteiger partial charge in [0.2, 0.25) is 0 Å². The first kappa shape index (κ1) is 13.0. The first-order chi connectivity index (χ1) is 8.24. The van der Waals surface area contributed by atoms with Crippen molar-refractivity contribution in [1.82, 2.24) is 10.3 Å². The summed E-state index contributed by atoms with van der Waals surface area (Å²) in [5.41, 5.74) is 1.27. The van der Waals surface area contributed by atoms with Gasteiger partial charge in [0, 0.05) is 24.6 Å². The van der Waals surface area contributed by atoms with Crippen LogP contribution in [0, 0.1) is 0 Å². The van der Waals surface area contributed by atoms with Crippen LogP contribution in [0.15, 0.2) is 0 Å².